The molecule has 0 aromatic heterocycles. The summed E-state index contributed by atoms with van der Waals surface area (Å²) >= 11 is 0. The third kappa shape index (κ3) is 6.29. The van der Waals surface area contributed by atoms with Gasteiger partial charge in [0.15, 0.2) is 0 Å². The number of phenols is 2. The number of nitrogens with one attached hydrogen (secondary N) is 1. The van der Waals surface area contributed by atoms with E-state index in [1.54, 1.807) is 12.1 Å². The largest absolute Gasteiger partial charge is 0.507 e. The first-order valence-electron chi connectivity index (χ1n) is 9.50. The van der Waals surface area contributed by atoms with E-state index in [1.807, 2.05) is 43.3 Å². The Kier molecular flexibility index (Phi) is 8.61. The van der Waals surface area contributed by atoms with E-state index >= 15 is 0 Å². The molecule has 7 nitrogen and oxygen atoms in total. The number of nitrogens with zero attached hydrogens (tertiary/aromatic N) is 2. The minimum Gasteiger partial charge on any atom is -0.507 e. The Labute approximate surface area is 193 Å². The maximum Gasteiger partial charge on any atom is 0.240 e. The van der Waals surface area contributed by atoms with Crippen molar-refractivity contribution in [2.24, 2.45) is 4.99 Å². The van der Waals surface area contributed by atoms with E-state index in [1.165, 1.54) is 24.4 Å². The maximum atomic E-state index is 12.5. The van der Waals surface area contributed by atoms with Crippen LogP contribution in [0.25, 0.3) is 10.8 Å². The molecular weight excluding hydrogens is 466 g/mol. The van der Waals surface area contributed by atoms with Crippen molar-refractivity contribution < 1.29 is 35.7 Å². The van der Waals surface area contributed by atoms with Crippen LogP contribution in [0.2, 0.25) is 0 Å². The van der Waals surface area contributed by atoms with Crippen LogP contribution in [0, 0.1) is 0 Å². The molecule has 0 spiro atoms. The molecule has 3 rings (SSSR count). The molecule has 0 atom stereocenters. The predicted molar refractivity (Wildman–Crippen MR) is 119 cm³/mol. The van der Waals surface area contributed by atoms with Crippen LogP contribution in [-0.2, 0) is 27.1 Å². The first kappa shape index (κ1) is 24.8. The van der Waals surface area contributed by atoms with Crippen LogP contribution in [0.3, 0.4) is 0 Å². The van der Waals surface area contributed by atoms with Crippen molar-refractivity contribution in [2.45, 2.75) is 11.3 Å². The van der Waals surface area contributed by atoms with Crippen LogP contribution in [0.1, 0.15) is 12.0 Å². The number of benzene rings is 3. The molecule has 0 saturated heterocycles. The number of sulfonamides is 1. The number of rotatable bonds is 8. The average molecular weight is 491 g/mol. The molecule has 3 N–H and O–H groups in total. The van der Waals surface area contributed by atoms with Gasteiger partial charge in [0, 0.05) is 35.4 Å². The van der Waals surface area contributed by atoms with Gasteiger partial charge in [-0.1, -0.05) is 30.3 Å². The van der Waals surface area contributed by atoms with Gasteiger partial charge < -0.3 is 15.1 Å². The molecule has 0 amide bonds. The summed E-state index contributed by atoms with van der Waals surface area (Å²) in [6, 6.07) is 14.8. The second kappa shape index (κ2) is 10.7. The summed E-state index contributed by atoms with van der Waals surface area (Å²) in [5, 5.41) is 22.1. The third-order valence-electron chi connectivity index (χ3n) is 4.61. The van der Waals surface area contributed by atoms with Crippen LogP contribution in [0.4, 0.5) is 5.69 Å². The molecule has 9 heteroatoms. The van der Waals surface area contributed by atoms with Crippen molar-refractivity contribution in [3.63, 3.8) is 0 Å². The third-order valence-corrected chi connectivity index (χ3v) is 6.07. The molecule has 31 heavy (non-hydrogen) atoms. The summed E-state index contributed by atoms with van der Waals surface area (Å²) in [5.74, 6) is -0.110. The Balaban J connectivity index is 0.00000341. The van der Waals surface area contributed by atoms with Gasteiger partial charge >= 0.3 is 0 Å². The number of hydrogen-bond acceptors (Lipinski definition) is 6. The van der Waals surface area contributed by atoms with Gasteiger partial charge in [0.1, 0.15) is 17.2 Å². The van der Waals surface area contributed by atoms with Gasteiger partial charge in [-0.2, -0.15) is 0 Å². The van der Waals surface area contributed by atoms with E-state index in [2.05, 4.69) is 9.71 Å². The van der Waals surface area contributed by atoms with Gasteiger partial charge in [-0.15, -0.1) is 0 Å². The summed E-state index contributed by atoms with van der Waals surface area (Å²) in [6.45, 7) is 1.08. The number of hydrogen-bond donors (Lipinski definition) is 3. The van der Waals surface area contributed by atoms with E-state index < -0.39 is 10.0 Å². The van der Waals surface area contributed by atoms with Crippen LogP contribution in [-0.4, -0.2) is 56.9 Å². The normalized spacial score (nSPS) is 11.8. The van der Waals surface area contributed by atoms with Gasteiger partial charge in [-0.05, 0) is 62.1 Å². The molecule has 0 bridgehead atoms. The minimum atomic E-state index is -3.73. The van der Waals surface area contributed by atoms with Gasteiger partial charge in [0.05, 0.1) is 4.90 Å². The Bertz CT molecular complexity index is 1180. The van der Waals surface area contributed by atoms with E-state index in [0.29, 0.717) is 18.5 Å². The van der Waals surface area contributed by atoms with Crippen LogP contribution in [0.15, 0.2) is 64.5 Å². The first-order chi connectivity index (χ1) is 14.3. The summed E-state index contributed by atoms with van der Waals surface area (Å²) in [6.07, 6.45) is 2.10. The number of fused-ring (bicyclic) bond motifs is 1. The molecule has 0 saturated carbocycles. The van der Waals surface area contributed by atoms with Crippen molar-refractivity contribution in [2.75, 3.05) is 27.2 Å². The molecule has 0 aliphatic rings. The molecule has 0 unspecified atom stereocenters. The summed E-state index contributed by atoms with van der Waals surface area (Å²) in [4.78, 5) is 6.24. The van der Waals surface area contributed by atoms with Crippen molar-refractivity contribution in [1.29, 1.82) is 0 Å². The predicted octanol–water partition coefficient (Wildman–Crippen LogP) is 3.23. The van der Waals surface area contributed by atoms with Crippen LogP contribution >= 0.6 is 0 Å². The molecule has 0 fully saturated rings. The summed E-state index contributed by atoms with van der Waals surface area (Å²) in [5.41, 5.74) is 0.584. The summed E-state index contributed by atoms with van der Waals surface area (Å²) < 4.78 is 27.6. The van der Waals surface area contributed by atoms with Crippen LogP contribution < -0.4 is 4.72 Å². The van der Waals surface area contributed by atoms with Gasteiger partial charge in [-0.3, -0.25) is 4.99 Å². The quantitative estimate of drug-likeness (QED) is 0.255. The zero-order chi connectivity index (χ0) is 21.7. The van der Waals surface area contributed by atoms with E-state index in [9.17, 15) is 18.6 Å². The molecular formula is C22H25CuN3O4S. The summed E-state index contributed by atoms with van der Waals surface area (Å²) in [7, 11) is 0.120. The average Bonchev–Trinajstić information content (AvgIpc) is 2.71. The Hall–Kier alpha value is -2.42. The second-order valence-electron chi connectivity index (χ2n) is 7.18. The fraction of sp³-hybridized carbons (Fsp3) is 0.227. The van der Waals surface area contributed by atoms with Gasteiger partial charge in [-0.25, -0.2) is 13.1 Å². The Morgan fingerprint density at radius 3 is 2.48 bits per heavy atom. The molecule has 0 aliphatic heterocycles. The SMILES string of the molecule is CN(C)CCCNS(=O)(=O)c1ccc(O)c(N=Cc2c(O)ccc3ccccc23)c1.[Cu]. The van der Waals surface area contributed by atoms with Crippen molar-refractivity contribution in [3.05, 3.63) is 60.2 Å². The smallest absolute Gasteiger partial charge is 0.240 e. The molecule has 3 aromatic rings. The molecule has 169 valence electrons. The Morgan fingerprint density at radius 1 is 1.03 bits per heavy atom. The monoisotopic (exact) mass is 490 g/mol. The molecule has 0 aliphatic carbocycles. The topological polar surface area (TPSA) is 102 Å². The van der Waals surface area contributed by atoms with Gasteiger partial charge in [0.25, 0.3) is 0 Å². The maximum absolute atomic E-state index is 12.5. The fourth-order valence-electron chi connectivity index (χ4n) is 3.01. The molecule has 0 heterocycles. The Morgan fingerprint density at radius 2 is 1.74 bits per heavy atom. The van der Waals surface area contributed by atoms with Crippen molar-refractivity contribution in [1.82, 2.24) is 9.62 Å². The zero-order valence-corrected chi connectivity index (χ0v) is 19.0. The number of aliphatic imine (C=N–C) groups is 1. The van der Waals surface area contributed by atoms with Gasteiger partial charge in [0.2, 0.25) is 10.0 Å². The standard InChI is InChI=1S/C22H25N3O4S.Cu/c1-25(2)13-5-12-24-30(28,29)17-9-11-22(27)20(14-17)23-15-19-18-7-4-3-6-16(18)8-10-21(19)26;/h3-4,6-11,14-15,24,26-27H,5,12-13H2,1-2H3;. The molecule has 1 radical (unpaired) electrons. The number of aromatic hydroxyl groups is 2. The fourth-order valence-corrected chi connectivity index (χ4v) is 4.11. The first-order valence-corrected chi connectivity index (χ1v) is 11.0. The second-order valence-corrected chi connectivity index (χ2v) is 8.95. The molecule has 3 aromatic carbocycles. The van der Waals surface area contributed by atoms with Crippen LogP contribution in [0.5, 0.6) is 11.5 Å². The van der Waals surface area contributed by atoms with E-state index in [0.717, 1.165) is 17.3 Å². The van der Waals surface area contributed by atoms with E-state index in [4.69, 9.17) is 0 Å². The van der Waals surface area contributed by atoms with Crippen molar-refractivity contribution >= 4 is 32.7 Å². The van der Waals surface area contributed by atoms with Crippen molar-refractivity contribution in [3.8, 4) is 11.5 Å². The number of phenolic OH excluding ortho intramolecular Hbond substituents is 2. The van der Waals surface area contributed by atoms with E-state index in [-0.39, 0.29) is 39.2 Å². The zero-order valence-electron chi connectivity index (χ0n) is 17.2. The minimum absolute atomic E-state index is 0.